The van der Waals surface area contributed by atoms with Gasteiger partial charge in [0.2, 0.25) is 5.95 Å². The van der Waals surface area contributed by atoms with Crippen LogP contribution in [-0.2, 0) is 6.18 Å². The zero-order valence-corrected chi connectivity index (χ0v) is 14.4. The minimum absolute atomic E-state index is 0.0470. The topological polar surface area (TPSA) is 66.6 Å². The van der Waals surface area contributed by atoms with Gasteiger partial charge in [0, 0.05) is 17.8 Å². The molecule has 0 atom stereocenters. The van der Waals surface area contributed by atoms with Crippen molar-refractivity contribution in [1.29, 1.82) is 0 Å². The zero-order valence-electron chi connectivity index (χ0n) is 14.4. The summed E-state index contributed by atoms with van der Waals surface area (Å²) in [7, 11) is 0. The third kappa shape index (κ3) is 3.22. The van der Waals surface area contributed by atoms with Gasteiger partial charge in [-0.05, 0) is 31.0 Å². The first-order valence-corrected chi connectivity index (χ1v) is 8.57. The Labute approximate surface area is 156 Å². The standard InChI is InChI=1S/C19H15F4N3O2/c20-14-4-2-1-3-13(14)16-15-7-10(19(21,22)23)5-6-26(15)18(25-17(16)28)24-11-8-12(27)9-11/h1-7,11-12,27H,8-9H2,(H,24,25,28). The second-order valence-corrected chi connectivity index (χ2v) is 6.73. The first-order valence-electron chi connectivity index (χ1n) is 8.57. The van der Waals surface area contributed by atoms with Gasteiger partial charge >= 0.3 is 6.18 Å². The van der Waals surface area contributed by atoms with Crippen LogP contribution in [0.3, 0.4) is 0 Å². The fourth-order valence-corrected chi connectivity index (χ4v) is 3.28. The first kappa shape index (κ1) is 18.4. The monoisotopic (exact) mass is 393 g/mol. The van der Waals surface area contributed by atoms with Crippen molar-refractivity contribution >= 4 is 11.5 Å². The summed E-state index contributed by atoms with van der Waals surface area (Å²) in [6, 6.07) is 6.88. The van der Waals surface area contributed by atoms with Gasteiger partial charge in [0.15, 0.2) is 0 Å². The highest BCUT2D eigenvalue weighted by atomic mass is 19.4. The van der Waals surface area contributed by atoms with Crippen molar-refractivity contribution in [3.8, 4) is 11.1 Å². The molecule has 0 aliphatic heterocycles. The summed E-state index contributed by atoms with van der Waals surface area (Å²) in [4.78, 5) is 16.6. The molecule has 0 unspecified atom stereocenters. The highest BCUT2D eigenvalue weighted by Gasteiger charge is 2.32. The van der Waals surface area contributed by atoms with E-state index in [0.29, 0.717) is 12.8 Å². The highest BCUT2D eigenvalue weighted by Crippen LogP contribution is 2.33. The van der Waals surface area contributed by atoms with Crippen LogP contribution in [0.2, 0.25) is 0 Å². The molecule has 3 aromatic rings. The molecule has 1 aliphatic rings. The van der Waals surface area contributed by atoms with Crippen molar-refractivity contribution in [2.75, 3.05) is 5.32 Å². The average molecular weight is 393 g/mol. The number of hydrogen-bond donors (Lipinski definition) is 2. The van der Waals surface area contributed by atoms with Gasteiger partial charge < -0.3 is 10.4 Å². The van der Waals surface area contributed by atoms with Gasteiger partial charge in [0.05, 0.1) is 22.7 Å². The van der Waals surface area contributed by atoms with E-state index in [2.05, 4.69) is 10.3 Å². The average Bonchev–Trinajstić information content (AvgIpc) is 2.60. The second kappa shape index (κ2) is 6.59. The number of anilines is 1. The number of aliphatic hydroxyl groups excluding tert-OH is 1. The van der Waals surface area contributed by atoms with Gasteiger partial charge in [-0.15, -0.1) is 0 Å². The van der Waals surface area contributed by atoms with E-state index in [4.69, 9.17) is 0 Å². The Bertz CT molecular complexity index is 1100. The Morgan fingerprint density at radius 1 is 1.18 bits per heavy atom. The second-order valence-electron chi connectivity index (χ2n) is 6.73. The number of aromatic nitrogens is 2. The molecule has 28 heavy (non-hydrogen) atoms. The SMILES string of the molecule is O=c1nc(NC2CC(O)C2)n2ccc(C(F)(F)F)cc2c1-c1ccccc1F. The Morgan fingerprint density at radius 2 is 1.89 bits per heavy atom. The normalized spacial score (nSPS) is 19.5. The van der Waals surface area contributed by atoms with Gasteiger partial charge in [-0.1, -0.05) is 18.2 Å². The summed E-state index contributed by atoms with van der Waals surface area (Å²) in [5.41, 5.74) is -2.28. The number of pyridine rings is 1. The Kier molecular flexibility index (Phi) is 4.34. The van der Waals surface area contributed by atoms with E-state index in [1.807, 2.05) is 0 Å². The predicted molar refractivity (Wildman–Crippen MR) is 94.5 cm³/mol. The lowest BCUT2D eigenvalue weighted by Gasteiger charge is -2.32. The van der Waals surface area contributed by atoms with Gasteiger partial charge in [0.25, 0.3) is 5.56 Å². The number of hydrogen-bond acceptors (Lipinski definition) is 4. The van der Waals surface area contributed by atoms with E-state index in [-0.39, 0.29) is 28.6 Å². The van der Waals surface area contributed by atoms with E-state index in [1.165, 1.54) is 22.6 Å². The molecule has 5 nitrogen and oxygen atoms in total. The van der Waals surface area contributed by atoms with Crippen molar-refractivity contribution in [2.45, 2.75) is 31.2 Å². The van der Waals surface area contributed by atoms with Crippen molar-refractivity contribution in [3.63, 3.8) is 0 Å². The molecule has 0 spiro atoms. The molecule has 146 valence electrons. The summed E-state index contributed by atoms with van der Waals surface area (Å²) in [6.45, 7) is 0. The summed E-state index contributed by atoms with van der Waals surface area (Å²) in [5.74, 6) is -0.686. The van der Waals surface area contributed by atoms with Crippen molar-refractivity contribution < 1.29 is 22.7 Å². The third-order valence-electron chi connectivity index (χ3n) is 4.78. The fourth-order valence-electron chi connectivity index (χ4n) is 3.28. The van der Waals surface area contributed by atoms with E-state index < -0.39 is 29.2 Å². The molecule has 0 saturated heterocycles. The molecule has 1 fully saturated rings. The molecule has 1 aliphatic carbocycles. The van der Waals surface area contributed by atoms with E-state index >= 15 is 0 Å². The van der Waals surface area contributed by atoms with E-state index in [9.17, 15) is 27.5 Å². The van der Waals surface area contributed by atoms with Crippen LogP contribution < -0.4 is 10.9 Å². The van der Waals surface area contributed by atoms with Crippen LogP contribution in [0, 0.1) is 5.82 Å². The Balaban J connectivity index is 1.96. The summed E-state index contributed by atoms with van der Waals surface area (Å²) in [6.07, 6.45) is -3.07. The number of halogens is 4. The van der Waals surface area contributed by atoms with Crippen molar-refractivity contribution in [1.82, 2.24) is 9.38 Å². The molecule has 0 amide bonds. The Morgan fingerprint density at radius 3 is 2.54 bits per heavy atom. The quantitative estimate of drug-likeness (QED) is 0.669. The van der Waals surface area contributed by atoms with Crippen LogP contribution in [0.1, 0.15) is 18.4 Å². The molecule has 2 aromatic heterocycles. The molecular weight excluding hydrogens is 378 g/mol. The van der Waals surface area contributed by atoms with Crippen LogP contribution >= 0.6 is 0 Å². The molecule has 1 aromatic carbocycles. The number of nitrogens with zero attached hydrogens (tertiary/aromatic N) is 2. The van der Waals surface area contributed by atoms with Crippen molar-refractivity contribution in [3.05, 3.63) is 64.3 Å². The fraction of sp³-hybridized carbons (Fsp3) is 0.263. The molecular formula is C19H15F4N3O2. The van der Waals surface area contributed by atoms with Gasteiger partial charge in [-0.3, -0.25) is 9.20 Å². The minimum atomic E-state index is -4.63. The van der Waals surface area contributed by atoms with Crippen molar-refractivity contribution in [2.24, 2.45) is 0 Å². The summed E-state index contributed by atoms with van der Waals surface area (Å²) >= 11 is 0. The lowest BCUT2D eigenvalue weighted by Crippen LogP contribution is -2.40. The summed E-state index contributed by atoms with van der Waals surface area (Å²) in [5, 5.41) is 12.4. The maximum Gasteiger partial charge on any atom is 0.416 e. The number of fused-ring (bicyclic) bond motifs is 1. The number of nitrogens with one attached hydrogen (secondary N) is 1. The predicted octanol–water partition coefficient (Wildman–Crippen LogP) is 3.45. The van der Waals surface area contributed by atoms with Gasteiger partial charge in [0.1, 0.15) is 5.82 Å². The molecule has 2 heterocycles. The Hall–Kier alpha value is -2.94. The lowest BCUT2D eigenvalue weighted by molar-refractivity contribution is -0.137. The largest absolute Gasteiger partial charge is 0.416 e. The van der Waals surface area contributed by atoms with Crippen LogP contribution in [0.25, 0.3) is 16.6 Å². The molecule has 2 N–H and O–H groups in total. The smallest absolute Gasteiger partial charge is 0.393 e. The maximum atomic E-state index is 14.3. The first-order chi connectivity index (χ1) is 13.2. The van der Waals surface area contributed by atoms with Crippen LogP contribution in [0.4, 0.5) is 23.5 Å². The minimum Gasteiger partial charge on any atom is -0.393 e. The molecule has 1 saturated carbocycles. The number of benzene rings is 1. The number of aliphatic hydroxyl groups is 1. The van der Waals surface area contributed by atoms with Crippen LogP contribution in [0.15, 0.2) is 47.4 Å². The number of rotatable bonds is 3. The third-order valence-corrected chi connectivity index (χ3v) is 4.78. The molecule has 0 bridgehead atoms. The van der Waals surface area contributed by atoms with E-state index in [0.717, 1.165) is 24.4 Å². The molecule has 0 radical (unpaired) electrons. The van der Waals surface area contributed by atoms with Gasteiger partial charge in [-0.25, -0.2) is 4.39 Å². The van der Waals surface area contributed by atoms with Crippen LogP contribution in [-0.4, -0.2) is 26.6 Å². The molecule has 9 heteroatoms. The maximum absolute atomic E-state index is 14.3. The van der Waals surface area contributed by atoms with E-state index in [1.54, 1.807) is 0 Å². The zero-order chi connectivity index (χ0) is 20.1. The molecule has 4 rings (SSSR count). The number of alkyl halides is 3. The van der Waals surface area contributed by atoms with Gasteiger partial charge in [-0.2, -0.15) is 18.2 Å². The lowest BCUT2D eigenvalue weighted by atomic mass is 9.90. The highest BCUT2D eigenvalue weighted by molar-refractivity contribution is 5.81. The summed E-state index contributed by atoms with van der Waals surface area (Å²) < 4.78 is 55.3. The van der Waals surface area contributed by atoms with Crippen LogP contribution in [0.5, 0.6) is 0 Å².